The van der Waals surface area contributed by atoms with Crippen LogP contribution in [-0.2, 0) is 4.74 Å². The highest BCUT2D eigenvalue weighted by Gasteiger charge is 2.51. The van der Waals surface area contributed by atoms with E-state index in [-0.39, 0.29) is 23.7 Å². The molecule has 0 amide bonds. The third kappa shape index (κ3) is 4.02. The monoisotopic (exact) mass is 306 g/mol. The smallest absolute Gasteiger partial charge is 0.0924 e. The molecule has 2 heterocycles. The largest absolute Gasteiger partial charge is 0.390 e. The molecule has 126 valence electrons. The summed E-state index contributed by atoms with van der Waals surface area (Å²) in [6.07, 6.45) is 11.0. The van der Waals surface area contributed by atoms with Gasteiger partial charge in [-0.2, -0.15) is 0 Å². The minimum absolute atomic E-state index is 0.0610. The predicted molar refractivity (Wildman–Crippen MR) is 92.8 cm³/mol. The summed E-state index contributed by atoms with van der Waals surface area (Å²) < 4.78 is 6.40. The highest BCUT2D eigenvalue weighted by molar-refractivity contribution is 5.13. The first-order chi connectivity index (χ1) is 10.3. The zero-order valence-electron chi connectivity index (χ0n) is 15.1. The molecule has 1 fully saturated rings. The minimum atomic E-state index is -0.387. The minimum Gasteiger partial charge on any atom is -0.390 e. The lowest BCUT2D eigenvalue weighted by Crippen LogP contribution is -2.39. The fourth-order valence-corrected chi connectivity index (χ4v) is 4.03. The Morgan fingerprint density at radius 1 is 1.18 bits per heavy atom. The summed E-state index contributed by atoms with van der Waals surface area (Å²) in [5.41, 5.74) is 2.50. The van der Waals surface area contributed by atoms with Crippen LogP contribution in [0.1, 0.15) is 73.1 Å². The Labute approximate surface area is 136 Å². The lowest BCUT2D eigenvalue weighted by Gasteiger charge is -2.29. The number of rotatable bonds is 1. The second-order valence-electron chi connectivity index (χ2n) is 7.97. The molecule has 2 nitrogen and oxygen atoms in total. The molecular weight excluding hydrogens is 272 g/mol. The highest BCUT2D eigenvalue weighted by atomic mass is 16.5. The molecule has 2 rings (SSSR count). The third-order valence-corrected chi connectivity index (χ3v) is 5.52. The van der Waals surface area contributed by atoms with E-state index in [1.807, 2.05) is 0 Å². The van der Waals surface area contributed by atoms with Crippen LogP contribution in [0.2, 0.25) is 0 Å². The summed E-state index contributed by atoms with van der Waals surface area (Å²) in [5.74, 6) is 0.640. The molecule has 4 atom stereocenters. The van der Waals surface area contributed by atoms with Gasteiger partial charge in [-0.05, 0) is 58.8 Å². The summed E-state index contributed by atoms with van der Waals surface area (Å²) in [6.45, 7) is 11.0. The number of hydrogen-bond acceptors (Lipinski definition) is 2. The SMILES string of the molecule is C/C1=C/C2OC(C)(CCCC/C(C)=C\CC1)C(O)C2C(C)C. The van der Waals surface area contributed by atoms with E-state index in [2.05, 4.69) is 46.8 Å². The second kappa shape index (κ2) is 7.31. The van der Waals surface area contributed by atoms with E-state index in [0.717, 1.165) is 25.7 Å². The number of fused-ring (bicyclic) bond motifs is 2. The number of aliphatic hydroxyl groups is 1. The summed E-state index contributed by atoms with van der Waals surface area (Å²) in [5, 5.41) is 10.9. The molecule has 1 saturated heterocycles. The molecule has 0 aliphatic carbocycles. The van der Waals surface area contributed by atoms with Crippen molar-refractivity contribution in [3.63, 3.8) is 0 Å². The predicted octanol–water partition coefficient (Wildman–Crippen LogP) is 5.02. The first-order valence-electron chi connectivity index (χ1n) is 9.02. The van der Waals surface area contributed by atoms with Gasteiger partial charge in [-0.25, -0.2) is 0 Å². The van der Waals surface area contributed by atoms with Gasteiger partial charge in [0.15, 0.2) is 0 Å². The molecule has 0 saturated carbocycles. The Hall–Kier alpha value is -0.600. The Bertz CT molecular complexity index is 435. The van der Waals surface area contributed by atoms with Gasteiger partial charge in [-0.3, -0.25) is 0 Å². The Balaban J connectivity index is 2.25. The quantitative estimate of drug-likeness (QED) is 0.689. The average Bonchev–Trinajstić information content (AvgIpc) is 2.66. The Morgan fingerprint density at radius 2 is 1.91 bits per heavy atom. The summed E-state index contributed by atoms with van der Waals surface area (Å²) in [4.78, 5) is 0. The average molecular weight is 306 g/mol. The van der Waals surface area contributed by atoms with Crippen molar-refractivity contribution in [3.05, 3.63) is 23.3 Å². The van der Waals surface area contributed by atoms with Crippen LogP contribution in [-0.4, -0.2) is 22.9 Å². The molecule has 4 unspecified atom stereocenters. The van der Waals surface area contributed by atoms with Gasteiger partial charge in [-0.1, -0.05) is 43.6 Å². The molecule has 2 bridgehead atoms. The van der Waals surface area contributed by atoms with Crippen molar-refractivity contribution in [1.29, 1.82) is 0 Å². The molecule has 0 spiro atoms. The van der Waals surface area contributed by atoms with Gasteiger partial charge in [0, 0.05) is 5.92 Å². The lowest BCUT2D eigenvalue weighted by molar-refractivity contribution is -0.0661. The Morgan fingerprint density at radius 3 is 2.59 bits per heavy atom. The van der Waals surface area contributed by atoms with E-state index >= 15 is 0 Å². The van der Waals surface area contributed by atoms with Crippen molar-refractivity contribution in [2.24, 2.45) is 11.8 Å². The van der Waals surface area contributed by atoms with E-state index in [0.29, 0.717) is 5.92 Å². The maximum atomic E-state index is 10.9. The lowest BCUT2D eigenvalue weighted by atomic mass is 9.79. The van der Waals surface area contributed by atoms with E-state index in [9.17, 15) is 5.11 Å². The fraction of sp³-hybridized carbons (Fsp3) is 0.800. The molecule has 2 aliphatic rings. The second-order valence-corrected chi connectivity index (χ2v) is 7.97. The first-order valence-corrected chi connectivity index (χ1v) is 9.02. The van der Waals surface area contributed by atoms with Crippen LogP contribution in [0.15, 0.2) is 23.3 Å². The van der Waals surface area contributed by atoms with E-state index in [4.69, 9.17) is 4.74 Å². The molecule has 22 heavy (non-hydrogen) atoms. The summed E-state index contributed by atoms with van der Waals surface area (Å²) >= 11 is 0. The summed E-state index contributed by atoms with van der Waals surface area (Å²) in [7, 11) is 0. The standard InChI is InChI=1S/C20H34O2/c1-14(2)18-17-13-16(4)11-8-10-15(3)9-6-7-12-20(5,22-17)19(18)21/h10,13-14,17-19,21H,6-9,11-12H2,1-5H3/b15-10-,16-13-. The summed E-state index contributed by atoms with van der Waals surface area (Å²) in [6, 6.07) is 0. The van der Waals surface area contributed by atoms with Crippen LogP contribution in [0.25, 0.3) is 0 Å². The number of hydrogen-bond donors (Lipinski definition) is 1. The fourth-order valence-electron chi connectivity index (χ4n) is 4.03. The molecule has 0 aromatic heterocycles. The van der Waals surface area contributed by atoms with Gasteiger partial charge in [0.05, 0.1) is 17.8 Å². The molecular formula is C20H34O2. The van der Waals surface area contributed by atoms with Crippen molar-refractivity contribution in [3.8, 4) is 0 Å². The first kappa shape index (κ1) is 17.7. The third-order valence-electron chi connectivity index (χ3n) is 5.52. The normalized spacial score (nSPS) is 42.6. The maximum absolute atomic E-state index is 10.9. The van der Waals surface area contributed by atoms with Crippen LogP contribution in [0.4, 0.5) is 0 Å². The molecule has 0 aromatic carbocycles. The van der Waals surface area contributed by atoms with Gasteiger partial charge in [0.1, 0.15) is 0 Å². The Kier molecular flexibility index (Phi) is 5.90. The van der Waals surface area contributed by atoms with Gasteiger partial charge >= 0.3 is 0 Å². The molecule has 1 N–H and O–H groups in total. The van der Waals surface area contributed by atoms with Gasteiger partial charge < -0.3 is 9.84 Å². The van der Waals surface area contributed by atoms with Crippen LogP contribution in [0, 0.1) is 11.8 Å². The van der Waals surface area contributed by atoms with Gasteiger partial charge in [-0.15, -0.1) is 0 Å². The van der Waals surface area contributed by atoms with Crippen LogP contribution in [0.3, 0.4) is 0 Å². The van der Waals surface area contributed by atoms with Gasteiger partial charge in [0.2, 0.25) is 0 Å². The van der Waals surface area contributed by atoms with Crippen molar-refractivity contribution in [1.82, 2.24) is 0 Å². The zero-order chi connectivity index (χ0) is 16.3. The highest BCUT2D eigenvalue weighted by Crippen LogP contribution is 2.43. The maximum Gasteiger partial charge on any atom is 0.0924 e. The van der Waals surface area contributed by atoms with E-state index in [1.165, 1.54) is 24.0 Å². The molecule has 0 radical (unpaired) electrons. The number of aliphatic hydroxyl groups excluding tert-OH is 1. The van der Waals surface area contributed by atoms with Gasteiger partial charge in [0.25, 0.3) is 0 Å². The van der Waals surface area contributed by atoms with Crippen molar-refractivity contribution in [2.75, 3.05) is 0 Å². The number of ether oxygens (including phenoxy) is 1. The molecule has 0 aromatic rings. The van der Waals surface area contributed by atoms with Crippen LogP contribution >= 0.6 is 0 Å². The van der Waals surface area contributed by atoms with Crippen molar-refractivity contribution in [2.45, 2.75) is 91.0 Å². The topological polar surface area (TPSA) is 29.5 Å². The van der Waals surface area contributed by atoms with Crippen LogP contribution in [0.5, 0.6) is 0 Å². The van der Waals surface area contributed by atoms with Crippen LogP contribution < -0.4 is 0 Å². The number of allylic oxidation sites excluding steroid dienone is 3. The zero-order valence-corrected chi connectivity index (χ0v) is 15.1. The molecule has 2 heteroatoms. The van der Waals surface area contributed by atoms with E-state index < -0.39 is 0 Å². The molecule has 2 aliphatic heterocycles. The van der Waals surface area contributed by atoms with Crippen molar-refractivity contribution >= 4 is 0 Å². The van der Waals surface area contributed by atoms with E-state index in [1.54, 1.807) is 0 Å². The van der Waals surface area contributed by atoms with Crippen molar-refractivity contribution < 1.29 is 9.84 Å².